The Bertz CT molecular complexity index is 1510. The van der Waals surface area contributed by atoms with E-state index in [1.54, 1.807) is 53.9 Å². The minimum atomic E-state index is -0.989. The van der Waals surface area contributed by atoms with Crippen LogP contribution in [0.1, 0.15) is 64.1 Å². The van der Waals surface area contributed by atoms with E-state index in [0.29, 0.717) is 33.6 Å². The Labute approximate surface area is 226 Å². The number of carbonyl (C=O) groups excluding carboxylic acids is 1. The molecule has 0 radical (unpaired) electrons. The number of thiophene rings is 1. The number of carboxylic acid groups (broad SMARTS) is 1. The second-order valence-electron chi connectivity index (χ2n) is 10.7. The molecule has 38 heavy (non-hydrogen) atoms. The van der Waals surface area contributed by atoms with Crippen LogP contribution < -0.4 is 5.32 Å². The third kappa shape index (κ3) is 5.48. The molecule has 4 aromatic rings. The van der Waals surface area contributed by atoms with Gasteiger partial charge in [-0.15, -0.1) is 11.3 Å². The Kier molecular flexibility index (Phi) is 7.04. The third-order valence-corrected chi connectivity index (χ3v) is 8.22. The Morgan fingerprint density at radius 2 is 1.87 bits per heavy atom. The lowest BCUT2D eigenvalue weighted by Crippen LogP contribution is -2.27. The Morgan fingerprint density at radius 3 is 2.61 bits per heavy atom. The molecule has 7 heteroatoms. The maximum Gasteiger partial charge on any atom is 0.335 e. The molecule has 2 heterocycles. The van der Waals surface area contributed by atoms with Crippen molar-refractivity contribution >= 4 is 40.1 Å². The van der Waals surface area contributed by atoms with Crippen molar-refractivity contribution in [2.75, 3.05) is 5.32 Å². The van der Waals surface area contributed by atoms with Crippen LogP contribution in [-0.2, 0) is 12.8 Å². The molecule has 194 valence electrons. The van der Waals surface area contributed by atoms with E-state index in [1.165, 1.54) is 4.88 Å². The predicted octanol–water partition coefficient (Wildman–Crippen LogP) is 7.86. The summed E-state index contributed by atoms with van der Waals surface area (Å²) in [5, 5.41) is 13.0. The van der Waals surface area contributed by atoms with E-state index in [1.807, 2.05) is 30.3 Å². The molecule has 2 N–H and O–H groups in total. The SMILES string of the molecule is CC(C)(C)[C@@H]1CCc2c(sc(N=Cc3ccc(-c4cccc(C(=O)O)c4)o3)c2C(=O)Nc2ccccc2)C1. The second-order valence-corrected chi connectivity index (χ2v) is 11.7. The number of para-hydroxylation sites is 1. The van der Waals surface area contributed by atoms with Crippen LogP contribution in [0.25, 0.3) is 11.3 Å². The number of aliphatic imine (C=N–C) groups is 1. The maximum atomic E-state index is 13.5. The van der Waals surface area contributed by atoms with Crippen LogP contribution in [0.5, 0.6) is 0 Å². The lowest BCUT2D eigenvalue weighted by atomic mass is 9.72. The molecule has 0 unspecified atom stereocenters. The maximum absolute atomic E-state index is 13.5. The van der Waals surface area contributed by atoms with Gasteiger partial charge in [-0.2, -0.15) is 0 Å². The topological polar surface area (TPSA) is 91.9 Å². The van der Waals surface area contributed by atoms with E-state index in [9.17, 15) is 14.7 Å². The first-order valence-electron chi connectivity index (χ1n) is 12.7. The largest absolute Gasteiger partial charge is 0.478 e. The van der Waals surface area contributed by atoms with E-state index in [4.69, 9.17) is 9.41 Å². The lowest BCUT2D eigenvalue weighted by Gasteiger charge is -2.33. The fraction of sp³-hybridized carbons (Fsp3) is 0.258. The molecule has 0 saturated carbocycles. The van der Waals surface area contributed by atoms with Crippen LogP contribution >= 0.6 is 11.3 Å². The number of fused-ring (bicyclic) bond motifs is 1. The fourth-order valence-electron chi connectivity index (χ4n) is 4.86. The lowest BCUT2D eigenvalue weighted by molar-refractivity contribution is 0.0696. The van der Waals surface area contributed by atoms with Gasteiger partial charge in [-0.3, -0.25) is 4.79 Å². The summed E-state index contributed by atoms with van der Waals surface area (Å²) in [6.07, 6.45) is 4.46. The molecule has 6 nitrogen and oxygen atoms in total. The minimum absolute atomic E-state index is 0.152. The smallest absolute Gasteiger partial charge is 0.335 e. The zero-order valence-electron chi connectivity index (χ0n) is 21.7. The van der Waals surface area contributed by atoms with Crippen molar-refractivity contribution in [3.8, 4) is 11.3 Å². The van der Waals surface area contributed by atoms with Crippen LogP contribution in [0.15, 0.2) is 76.1 Å². The first-order valence-corrected chi connectivity index (χ1v) is 13.5. The minimum Gasteiger partial charge on any atom is -0.478 e. The van der Waals surface area contributed by atoms with E-state index < -0.39 is 5.97 Å². The van der Waals surface area contributed by atoms with Crippen LogP contribution in [0.4, 0.5) is 10.7 Å². The molecular weight excluding hydrogens is 496 g/mol. The molecular formula is C31H30N2O4S. The van der Waals surface area contributed by atoms with Crippen molar-refractivity contribution in [2.24, 2.45) is 16.3 Å². The summed E-state index contributed by atoms with van der Waals surface area (Å²) in [4.78, 5) is 30.8. The van der Waals surface area contributed by atoms with E-state index >= 15 is 0 Å². The first-order chi connectivity index (χ1) is 18.2. The molecule has 1 atom stereocenters. The van der Waals surface area contributed by atoms with Gasteiger partial charge in [-0.05, 0) is 72.6 Å². The summed E-state index contributed by atoms with van der Waals surface area (Å²) >= 11 is 1.58. The highest BCUT2D eigenvalue weighted by Crippen LogP contribution is 2.45. The van der Waals surface area contributed by atoms with Crippen molar-refractivity contribution in [1.82, 2.24) is 0 Å². The van der Waals surface area contributed by atoms with Gasteiger partial charge in [0.1, 0.15) is 16.5 Å². The Balaban J connectivity index is 1.46. The quantitative estimate of drug-likeness (QED) is 0.250. The van der Waals surface area contributed by atoms with Crippen LogP contribution in [0.3, 0.4) is 0 Å². The van der Waals surface area contributed by atoms with Gasteiger partial charge in [0.15, 0.2) is 0 Å². The highest BCUT2D eigenvalue weighted by Gasteiger charge is 2.33. The van der Waals surface area contributed by atoms with Gasteiger partial charge < -0.3 is 14.8 Å². The zero-order valence-corrected chi connectivity index (χ0v) is 22.5. The van der Waals surface area contributed by atoms with Gasteiger partial charge in [0.25, 0.3) is 5.91 Å². The monoisotopic (exact) mass is 526 g/mol. The number of hydrogen-bond donors (Lipinski definition) is 2. The van der Waals surface area contributed by atoms with E-state index in [2.05, 4.69) is 26.1 Å². The number of anilines is 1. The van der Waals surface area contributed by atoms with Gasteiger partial charge in [-0.1, -0.05) is 51.1 Å². The number of hydrogen-bond acceptors (Lipinski definition) is 5. The number of nitrogens with one attached hydrogen (secondary N) is 1. The Morgan fingerprint density at radius 1 is 1.08 bits per heavy atom. The molecule has 1 amide bonds. The van der Waals surface area contributed by atoms with Crippen molar-refractivity contribution < 1.29 is 19.1 Å². The average molecular weight is 527 g/mol. The summed E-state index contributed by atoms with van der Waals surface area (Å²) in [5.74, 6) is 0.478. The van der Waals surface area contributed by atoms with Gasteiger partial charge in [0, 0.05) is 16.1 Å². The zero-order chi connectivity index (χ0) is 26.9. The normalized spacial score (nSPS) is 15.4. The summed E-state index contributed by atoms with van der Waals surface area (Å²) in [7, 11) is 0. The molecule has 1 aliphatic rings. The van der Waals surface area contributed by atoms with Gasteiger partial charge in [-0.25, -0.2) is 9.79 Å². The van der Waals surface area contributed by atoms with Gasteiger partial charge >= 0.3 is 5.97 Å². The number of amides is 1. The number of aromatic carboxylic acids is 1. The van der Waals surface area contributed by atoms with Crippen molar-refractivity contribution in [1.29, 1.82) is 0 Å². The number of carbonyl (C=O) groups is 2. The first kappa shape index (κ1) is 25.7. The number of nitrogens with zero attached hydrogens (tertiary/aromatic N) is 1. The number of benzene rings is 2. The summed E-state index contributed by atoms with van der Waals surface area (Å²) in [5.41, 5.74) is 3.54. The third-order valence-electron chi connectivity index (χ3n) is 7.06. The van der Waals surface area contributed by atoms with Gasteiger partial charge in [0.05, 0.1) is 17.3 Å². The van der Waals surface area contributed by atoms with E-state index in [-0.39, 0.29) is 16.9 Å². The van der Waals surface area contributed by atoms with Crippen molar-refractivity contribution in [2.45, 2.75) is 40.0 Å². The standard InChI is InChI=1S/C31H30N2O4S/c1-31(2,3)21-12-14-24-26(17-21)38-29(27(24)28(34)33-22-10-5-4-6-11-22)32-18-23-13-15-25(37-23)19-8-7-9-20(16-19)30(35)36/h4-11,13,15-16,18,21H,12,14,17H2,1-3H3,(H,33,34)(H,35,36)/t21-/m1/s1. The van der Waals surface area contributed by atoms with Crippen LogP contribution in [-0.4, -0.2) is 23.2 Å². The van der Waals surface area contributed by atoms with E-state index in [0.717, 1.165) is 30.5 Å². The second kappa shape index (κ2) is 10.4. The molecule has 0 spiro atoms. The van der Waals surface area contributed by atoms with Crippen molar-refractivity contribution in [3.05, 3.63) is 94.1 Å². The number of carboxylic acids is 1. The molecule has 0 aliphatic heterocycles. The fourth-order valence-corrected chi connectivity index (χ4v) is 6.12. The Hall–Kier alpha value is -3.97. The van der Waals surface area contributed by atoms with Crippen LogP contribution in [0.2, 0.25) is 0 Å². The molecule has 5 rings (SSSR count). The molecule has 2 aromatic carbocycles. The molecule has 0 saturated heterocycles. The molecule has 0 bridgehead atoms. The summed E-state index contributed by atoms with van der Waals surface area (Å²) < 4.78 is 5.95. The average Bonchev–Trinajstić information content (AvgIpc) is 3.52. The molecule has 2 aromatic heterocycles. The molecule has 1 aliphatic carbocycles. The van der Waals surface area contributed by atoms with Crippen molar-refractivity contribution in [3.63, 3.8) is 0 Å². The summed E-state index contributed by atoms with van der Waals surface area (Å²) in [6, 6.07) is 19.6. The van der Waals surface area contributed by atoms with Gasteiger partial charge in [0.2, 0.25) is 0 Å². The number of furan rings is 1. The molecule has 0 fully saturated rings. The predicted molar refractivity (Wildman–Crippen MR) is 152 cm³/mol. The van der Waals surface area contributed by atoms with Crippen LogP contribution in [0, 0.1) is 11.3 Å². The highest BCUT2D eigenvalue weighted by atomic mass is 32.1. The summed E-state index contributed by atoms with van der Waals surface area (Å²) in [6.45, 7) is 6.83. The number of rotatable bonds is 6. The highest BCUT2D eigenvalue weighted by molar-refractivity contribution is 7.16.